The number of rotatable bonds is 3. The molecule has 2 aliphatic heterocycles. The van der Waals surface area contributed by atoms with Crippen molar-refractivity contribution in [3.63, 3.8) is 0 Å². The van der Waals surface area contributed by atoms with Gasteiger partial charge in [0.05, 0.1) is 36.3 Å². The van der Waals surface area contributed by atoms with Crippen LogP contribution >= 0.6 is 0 Å². The fourth-order valence-electron chi connectivity index (χ4n) is 4.01. The molecule has 0 aromatic heterocycles. The smallest absolute Gasteiger partial charge is 0.395 e. The van der Waals surface area contributed by atoms with Gasteiger partial charge in [-0.1, -0.05) is 32.9 Å². The van der Waals surface area contributed by atoms with E-state index in [4.69, 9.17) is 0 Å². The molecule has 2 aliphatic rings. The fraction of sp³-hybridized carbons (Fsp3) is 0.611. The van der Waals surface area contributed by atoms with Crippen molar-refractivity contribution in [2.45, 2.75) is 51.5 Å². The van der Waals surface area contributed by atoms with Gasteiger partial charge in [0.25, 0.3) is 0 Å². The molecule has 2 fully saturated rings. The van der Waals surface area contributed by atoms with E-state index in [1.807, 2.05) is 20.8 Å². The highest BCUT2D eigenvalue weighted by atomic mass is 19.4. The zero-order valence-corrected chi connectivity index (χ0v) is 15.8. The lowest BCUT2D eigenvalue weighted by Gasteiger charge is -2.43. The Morgan fingerprint density at radius 3 is 2.29 bits per heavy atom. The van der Waals surface area contributed by atoms with E-state index in [2.05, 4.69) is 16.1 Å². The summed E-state index contributed by atoms with van der Waals surface area (Å²) in [6.45, 7) is 5.47. The maximum atomic E-state index is 12.9. The van der Waals surface area contributed by atoms with Crippen molar-refractivity contribution in [2.75, 3.05) is 6.61 Å². The minimum atomic E-state index is -4.43. The topological polar surface area (TPSA) is 96.9 Å². The Morgan fingerprint density at radius 1 is 1.18 bits per heavy atom. The van der Waals surface area contributed by atoms with Crippen molar-refractivity contribution in [1.82, 2.24) is 21.1 Å². The van der Waals surface area contributed by atoms with Crippen LogP contribution in [-0.4, -0.2) is 46.3 Å². The molecule has 0 aliphatic carbocycles. The highest BCUT2D eigenvalue weighted by Gasteiger charge is 2.53. The Kier molecular flexibility index (Phi) is 5.45. The van der Waals surface area contributed by atoms with Crippen LogP contribution in [0.1, 0.15) is 37.9 Å². The number of carbonyl (C=O) groups is 1. The van der Waals surface area contributed by atoms with Crippen LogP contribution in [0.2, 0.25) is 0 Å². The molecule has 0 radical (unpaired) electrons. The SMILES string of the molecule is CC(C)(C)C(c1ccc(C(F)(F)F)cc1)N1NC(CO)C2C(=O)NC(O)NC21. The zero-order valence-electron chi connectivity index (χ0n) is 15.8. The number of nitrogens with zero attached hydrogens (tertiary/aromatic N) is 1. The first-order valence-corrected chi connectivity index (χ1v) is 9.00. The van der Waals surface area contributed by atoms with Crippen LogP contribution in [0, 0.1) is 11.3 Å². The number of hydrogen-bond acceptors (Lipinski definition) is 6. The van der Waals surface area contributed by atoms with Crippen LogP contribution in [-0.2, 0) is 11.0 Å². The lowest BCUT2D eigenvalue weighted by molar-refractivity contribution is -0.139. The van der Waals surface area contributed by atoms with Crippen LogP contribution in [0.3, 0.4) is 0 Å². The first kappa shape index (κ1) is 21.0. The molecular formula is C18H25F3N4O3. The van der Waals surface area contributed by atoms with Crippen LogP contribution in [0.5, 0.6) is 0 Å². The Balaban J connectivity index is 1.99. The third kappa shape index (κ3) is 3.87. The Morgan fingerprint density at radius 2 is 1.79 bits per heavy atom. The van der Waals surface area contributed by atoms with Crippen molar-refractivity contribution in [2.24, 2.45) is 11.3 Å². The van der Waals surface area contributed by atoms with E-state index < -0.39 is 53.6 Å². The summed E-state index contributed by atoms with van der Waals surface area (Å²) in [5.41, 5.74) is 2.55. The third-order valence-electron chi connectivity index (χ3n) is 5.15. The van der Waals surface area contributed by atoms with Gasteiger partial charge in [-0.2, -0.15) is 13.2 Å². The number of amides is 1. The van der Waals surface area contributed by atoms with Crippen molar-refractivity contribution in [3.8, 4) is 0 Å². The molecular weight excluding hydrogens is 377 g/mol. The van der Waals surface area contributed by atoms with Crippen molar-refractivity contribution < 1.29 is 28.2 Å². The number of halogens is 3. The number of aliphatic hydroxyl groups excluding tert-OH is 2. The molecule has 2 saturated heterocycles. The molecule has 2 heterocycles. The molecule has 1 aromatic rings. The number of benzene rings is 1. The van der Waals surface area contributed by atoms with Crippen LogP contribution in [0.4, 0.5) is 13.2 Å². The second kappa shape index (κ2) is 7.27. The van der Waals surface area contributed by atoms with Gasteiger partial charge in [-0.3, -0.25) is 10.1 Å². The lowest BCUT2D eigenvalue weighted by atomic mass is 9.81. The first-order chi connectivity index (χ1) is 12.9. The summed E-state index contributed by atoms with van der Waals surface area (Å²) in [7, 11) is 0. The van der Waals surface area contributed by atoms with E-state index in [9.17, 15) is 28.2 Å². The summed E-state index contributed by atoms with van der Waals surface area (Å²) in [6.07, 6.45) is -6.34. The van der Waals surface area contributed by atoms with Crippen LogP contribution < -0.4 is 16.1 Å². The normalized spacial score (nSPS) is 30.1. The molecule has 3 rings (SSSR count). The van der Waals surface area contributed by atoms with Gasteiger partial charge in [0.1, 0.15) is 0 Å². The summed E-state index contributed by atoms with van der Waals surface area (Å²) >= 11 is 0. The maximum Gasteiger partial charge on any atom is 0.416 e. The molecule has 0 bridgehead atoms. The van der Waals surface area contributed by atoms with Gasteiger partial charge < -0.3 is 15.5 Å². The molecule has 5 unspecified atom stereocenters. The van der Waals surface area contributed by atoms with E-state index >= 15 is 0 Å². The van der Waals surface area contributed by atoms with E-state index in [1.165, 1.54) is 12.1 Å². The van der Waals surface area contributed by atoms with Crippen LogP contribution in [0.15, 0.2) is 24.3 Å². The molecule has 0 saturated carbocycles. The highest BCUT2D eigenvalue weighted by Crippen LogP contribution is 2.42. The average Bonchev–Trinajstić information content (AvgIpc) is 2.92. The van der Waals surface area contributed by atoms with E-state index in [1.54, 1.807) is 5.01 Å². The van der Waals surface area contributed by atoms with Gasteiger partial charge in [0.2, 0.25) is 5.91 Å². The molecule has 0 spiro atoms. The van der Waals surface area contributed by atoms with Gasteiger partial charge in [0, 0.05) is 0 Å². The predicted molar refractivity (Wildman–Crippen MR) is 94.1 cm³/mol. The number of hydrazine groups is 1. The predicted octanol–water partition coefficient (Wildman–Crippen LogP) is 0.911. The monoisotopic (exact) mass is 402 g/mol. The third-order valence-corrected chi connectivity index (χ3v) is 5.15. The largest absolute Gasteiger partial charge is 0.416 e. The summed E-state index contributed by atoms with van der Waals surface area (Å²) in [6, 6.07) is 3.86. The Labute approximate surface area is 160 Å². The summed E-state index contributed by atoms with van der Waals surface area (Å²) in [5, 5.41) is 26.6. The van der Waals surface area contributed by atoms with Crippen molar-refractivity contribution in [3.05, 3.63) is 35.4 Å². The number of hydrogen-bond donors (Lipinski definition) is 5. The summed E-state index contributed by atoms with van der Waals surface area (Å²) in [5.74, 6) is -1.09. The highest BCUT2D eigenvalue weighted by molar-refractivity contribution is 5.81. The second-order valence-electron chi connectivity index (χ2n) is 8.26. The summed E-state index contributed by atoms with van der Waals surface area (Å²) < 4.78 is 38.8. The van der Waals surface area contributed by atoms with E-state index in [0.29, 0.717) is 5.56 Å². The molecule has 5 atom stereocenters. The lowest BCUT2D eigenvalue weighted by Crippen LogP contribution is -2.65. The molecule has 28 heavy (non-hydrogen) atoms. The minimum absolute atomic E-state index is 0.313. The average molecular weight is 402 g/mol. The molecule has 1 amide bonds. The fourth-order valence-corrected chi connectivity index (χ4v) is 4.01. The molecule has 1 aromatic carbocycles. The first-order valence-electron chi connectivity index (χ1n) is 9.00. The van der Waals surface area contributed by atoms with Gasteiger partial charge in [0.15, 0.2) is 6.35 Å². The molecule has 10 heteroatoms. The Bertz CT molecular complexity index is 720. The quantitative estimate of drug-likeness (QED) is 0.516. The molecule has 156 valence electrons. The minimum Gasteiger partial charge on any atom is -0.395 e. The van der Waals surface area contributed by atoms with Crippen molar-refractivity contribution in [1.29, 1.82) is 0 Å². The van der Waals surface area contributed by atoms with Crippen LogP contribution in [0.25, 0.3) is 0 Å². The van der Waals surface area contributed by atoms with Crippen molar-refractivity contribution >= 4 is 5.91 Å². The number of alkyl halides is 3. The number of carbonyl (C=O) groups excluding carboxylic acids is 1. The van der Waals surface area contributed by atoms with Gasteiger partial charge in [-0.25, -0.2) is 10.4 Å². The van der Waals surface area contributed by atoms with E-state index in [0.717, 1.165) is 12.1 Å². The molecule has 5 N–H and O–H groups in total. The van der Waals surface area contributed by atoms with Gasteiger partial charge >= 0.3 is 6.18 Å². The van der Waals surface area contributed by atoms with E-state index in [-0.39, 0.29) is 6.61 Å². The number of fused-ring (bicyclic) bond motifs is 1. The maximum absolute atomic E-state index is 12.9. The molecule has 7 nitrogen and oxygen atoms in total. The zero-order chi connectivity index (χ0) is 20.9. The van der Waals surface area contributed by atoms with Gasteiger partial charge in [-0.05, 0) is 23.1 Å². The summed E-state index contributed by atoms with van der Waals surface area (Å²) in [4.78, 5) is 12.4. The number of nitrogens with one attached hydrogen (secondary N) is 3. The second-order valence-corrected chi connectivity index (χ2v) is 8.26. The standard InChI is InChI=1S/C18H25F3N4O3/c1-17(2,3)13(9-4-6-10(7-5-9)18(19,20)21)25-14-12(11(8-26)24-25)15(27)23-16(28)22-14/h4-7,11-14,16,22,24,26,28H,8H2,1-3H3,(H,23,27). The Hall–Kier alpha value is -1.72. The van der Waals surface area contributed by atoms with Gasteiger partial charge in [-0.15, -0.1) is 0 Å². The number of aliphatic hydroxyl groups is 2.